The first kappa shape index (κ1) is 25.8. The van der Waals surface area contributed by atoms with Gasteiger partial charge in [-0.2, -0.15) is 10.5 Å². The molecule has 0 aromatic heterocycles. The zero-order valence-corrected chi connectivity index (χ0v) is 21.8. The van der Waals surface area contributed by atoms with Crippen molar-refractivity contribution in [3.63, 3.8) is 0 Å². The van der Waals surface area contributed by atoms with Gasteiger partial charge >= 0.3 is 0 Å². The Kier molecular flexibility index (Phi) is 8.88. The molecule has 0 aliphatic carbocycles. The predicted molar refractivity (Wildman–Crippen MR) is 144 cm³/mol. The van der Waals surface area contributed by atoms with Crippen molar-refractivity contribution in [3.8, 4) is 23.6 Å². The summed E-state index contributed by atoms with van der Waals surface area (Å²) in [6.07, 6.45) is 1.53. The van der Waals surface area contributed by atoms with Crippen LogP contribution in [0.1, 0.15) is 34.7 Å². The molecular formula is C28H24IN3O3. The lowest BCUT2D eigenvalue weighted by Gasteiger charge is -2.15. The average molecular weight is 577 g/mol. The molecule has 0 saturated heterocycles. The van der Waals surface area contributed by atoms with Crippen LogP contribution in [0.25, 0.3) is 6.08 Å². The van der Waals surface area contributed by atoms with Crippen LogP contribution in [0.15, 0.2) is 60.2 Å². The van der Waals surface area contributed by atoms with Gasteiger partial charge in [-0.05, 0) is 90.4 Å². The number of rotatable bonds is 8. The van der Waals surface area contributed by atoms with Gasteiger partial charge in [-0.3, -0.25) is 4.79 Å². The number of anilines is 1. The molecule has 176 valence electrons. The number of hydrogen-bond acceptors (Lipinski definition) is 5. The topological polar surface area (TPSA) is 95.1 Å². The van der Waals surface area contributed by atoms with Crippen molar-refractivity contribution in [3.05, 3.63) is 91.6 Å². The van der Waals surface area contributed by atoms with E-state index in [1.807, 2.05) is 69.3 Å². The fourth-order valence-corrected chi connectivity index (χ4v) is 4.14. The van der Waals surface area contributed by atoms with Crippen molar-refractivity contribution >= 4 is 40.3 Å². The van der Waals surface area contributed by atoms with E-state index in [4.69, 9.17) is 9.47 Å². The quantitative estimate of drug-likeness (QED) is 0.193. The van der Waals surface area contributed by atoms with Crippen molar-refractivity contribution in [1.29, 1.82) is 10.5 Å². The Bertz CT molecular complexity index is 1370. The van der Waals surface area contributed by atoms with Gasteiger partial charge in [-0.25, -0.2) is 0 Å². The Morgan fingerprint density at radius 3 is 2.57 bits per heavy atom. The van der Waals surface area contributed by atoms with E-state index in [1.54, 1.807) is 12.1 Å². The van der Waals surface area contributed by atoms with Crippen LogP contribution in [-0.2, 0) is 11.4 Å². The highest BCUT2D eigenvalue weighted by molar-refractivity contribution is 14.1. The third-order valence-corrected chi connectivity index (χ3v) is 5.96. The Hall–Kier alpha value is -3.82. The van der Waals surface area contributed by atoms with Crippen LogP contribution in [0.2, 0.25) is 0 Å². The van der Waals surface area contributed by atoms with E-state index in [0.717, 1.165) is 20.3 Å². The number of halogens is 1. The van der Waals surface area contributed by atoms with Crippen LogP contribution in [0.3, 0.4) is 0 Å². The molecule has 0 bridgehead atoms. The van der Waals surface area contributed by atoms with Gasteiger partial charge in [0.05, 0.1) is 21.8 Å². The number of hydrogen-bond donors (Lipinski definition) is 1. The van der Waals surface area contributed by atoms with Gasteiger partial charge in [0.2, 0.25) is 0 Å². The molecule has 0 spiro atoms. The molecule has 0 fully saturated rings. The summed E-state index contributed by atoms with van der Waals surface area (Å²) in [7, 11) is 0. The summed E-state index contributed by atoms with van der Waals surface area (Å²) in [5.41, 5.74) is 4.52. The molecular weight excluding hydrogens is 553 g/mol. The summed E-state index contributed by atoms with van der Waals surface area (Å²) >= 11 is 2.13. The maximum absolute atomic E-state index is 12.8. The fourth-order valence-electron chi connectivity index (χ4n) is 3.35. The van der Waals surface area contributed by atoms with Crippen LogP contribution in [0.4, 0.5) is 5.69 Å². The molecule has 0 unspecified atom stereocenters. The molecule has 3 aromatic rings. The summed E-state index contributed by atoms with van der Waals surface area (Å²) in [5, 5.41) is 21.8. The smallest absolute Gasteiger partial charge is 0.266 e. The Balaban J connectivity index is 1.88. The first-order valence-electron chi connectivity index (χ1n) is 10.9. The Morgan fingerprint density at radius 2 is 1.86 bits per heavy atom. The van der Waals surface area contributed by atoms with E-state index >= 15 is 0 Å². The van der Waals surface area contributed by atoms with Crippen LogP contribution in [-0.4, -0.2) is 12.5 Å². The van der Waals surface area contributed by atoms with Crippen molar-refractivity contribution in [2.24, 2.45) is 0 Å². The monoisotopic (exact) mass is 577 g/mol. The molecule has 3 rings (SSSR count). The summed E-state index contributed by atoms with van der Waals surface area (Å²) in [4.78, 5) is 12.8. The molecule has 0 saturated carbocycles. The molecule has 35 heavy (non-hydrogen) atoms. The molecule has 1 amide bonds. The molecule has 6 nitrogen and oxygen atoms in total. The standard InChI is InChI=1S/C28H24IN3O3/c1-4-34-26-14-20(12-23(16-31)28(33)32-25-11-18(2)9-10-19(25)3)13-24(29)27(26)35-17-22-8-6-5-7-21(22)15-30/h5-14H,4,17H2,1-3H3,(H,32,33)/b23-12+. The normalized spacial score (nSPS) is 10.7. The zero-order valence-electron chi connectivity index (χ0n) is 19.7. The van der Waals surface area contributed by atoms with E-state index in [1.165, 1.54) is 6.08 Å². The minimum Gasteiger partial charge on any atom is -0.490 e. The van der Waals surface area contributed by atoms with Crippen molar-refractivity contribution in [1.82, 2.24) is 0 Å². The van der Waals surface area contributed by atoms with E-state index in [-0.39, 0.29) is 12.2 Å². The lowest BCUT2D eigenvalue weighted by molar-refractivity contribution is -0.112. The van der Waals surface area contributed by atoms with E-state index < -0.39 is 5.91 Å². The molecule has 0 atom stereocenters. The fraction of sp³-hybridized carbons (Fsp3) is 0.179. The number of nitrogens with one attached hydrogen (secondary N) is 1. The lowest BCUT2D eigenvalue weighted by Crippen LogP contribution is -2.14. The van der Waals surface area contributed by atoms with Gasteiger partial charge in [0.15, 0.2) is 11.5 Å². The highest BCUT2D eigenvalue weighted by Crippen LogP contribution is 2.36. The van der Waals surface area contributed by atoms with Crippen LogP contribution in [0.5, 0.6) is 11.5 Å². The van der Waals surface area contributed by atoms with Crippen LogP contribution >= 0.6 is 22.6 Å². The number of benzene rings is 3. The Labute approximate surface area is 218 Å². The second-order valence-corrected chi connectivity index (χ2v) is 8.93. The number of ether oxygens (including phenoxy) is 2. The molecule has 0 aliphatic heterocycles. The van der Waals surface area contributed by atoms with Gasteiger partial charge in [0, 0.05) is 11.3 Å². The van der Waals surface area contributed by atoms with E-state index in [9.17, 15) is 15.3 Å². The van der Waals surface area contributed by atoms with E-state index in [0.29, 0.717) is 34.9 Å². The lowest BCUT2D eigenvalue weighted by atomic mass is 10.1. The predicted octanol–water partition coefficient (Wildman–Crippen LogP) is 6.30. The molecule has 0 radical (unpaired) electrons. The Morgan fingerprint density at radius 1 is 1.09 bits per heavy atom. The van der Waals surface area contributed by atoms with Crippen molar-refractivity contribution in [2.75, 3.05) is 11.9 Å². The van der Waals surface area contributed by atoms with Gasteiger partial charge in [0.1, 0.15) is 18.2 Å². The zero-order chi connectivity index (χ0) is 25.4. The molecule has 0 aliphatic rings. The van der Waals surface area contributed by atoms with Gasteiger partial charge in [-0.15, -0.1) is 0 Å². The highest BCUT2D eigenvalue weighted by atomic mass is 127. The second-order valence-electron chi connectivity index (χ2n) is 7.76. The maximum atomic E-state index is 12.8. The molecule has 3 aromatic carbocycles. The first-order valence-corrected chi connectivity index (χ1v) is 12.0. The van der Waals surface area contributed by atoms with Gasteiger partial charge in [-0.1, -0.05) is 30.3 Å². The molecule has 1 N–H and O–H groups in total. The first-order chi connectivity index (χ1) is 16.9. The van der Waals surface area contributed by atoms with Crippen molar-refractivity contribution in [2.45, 2.75) is 27.4 Å². The number of amides is 1. The summed E-state index contributed by atoms with van der Waals surface area (Å²) in [5.74, 6) is 0.547. The average Bonchev–Trinajstić information content (AvgIpc) is 2.84. The maximum Gasteiger partial charge on any atom is 0.266 e. The third-order valence-electron chi connectivity index (χ3n) is 5.16. The largest absolute Gasteiger partial charge is 0.490 e. The number of aryl methyl sites for hydroxylation is 2. The number of nitriles is 2. The third kappa shape index (κ3) is 6.62. The number of carbonyl (C=O) groups is 1. The highest BCUT2D eigenvalue weighted by Gasteiger charge is 2.16. The summed E-state index contributed by atoms with van der Waals surface area (Å²) < 4.78 is 12.6. The van der Waals surface area contributed by atoms with Gasteiger partial charge in [0.25, 0.3) is 5.91 Å². The van der Waals surface area contributed by atoms with Crippen LogP contribution < -0.4 is 14.8 Å². The number of carbonyl (C=O) groups excluding carboxylic acids is 1. The van der Waals surface area contributed by atoms with Crippen LogP contribution in [0, 0.1) is 40.1 Å². The number of nitrogens with zero attached hydrogens (tertiary/aromatic N) is 2. The summed E-state index contributed by atoms with van der Waals surface area (Å²) in [6, 6.07) is 20.7. The van der Waals surface area contributed by atoms with Gasteiger partial charge < -0.3 is 14.8 Å². The minimum absolute atomic E-state index is 0.0271. The second kappa shape index (κ2) is 12.0. The summed E-state index contributed by atoms with van der Waals surface area (Å²) in [6.45, 7) is 6.32. The van der Waals surface area contributed by atoms with E-state index in [2.05, 4.69) is 34.0 Å². The minimum atomic E-state index is -0.484. The molecule has 7 heteroatoms. The van der Waals surface area contributed by atoms with Crippen molar-refractivity contribution < 1.29 is 14.3 Å². The molecule has 0 heterocycles. The SMILES string of the molecule is CCOc1cc(/C=C(\C#N)C(=O)Nc2cc(C)ccc2C)cc(I)c1OCc1ccccc1C#N.